The molecule has 2 rings (SSSR count). The minimum Gasteiger partial charge on any atom is -0.496 e. The summed E-state index contributed by atoms with van der Waals surface area (Å²) < 4.78 is 60.2. The van der Waals surface area contributed by atoms with Crippen LogP contribution in [0, 0.1) is 12.7 Å². The second-order valence-electron chi connectivity index (χ2n) is 6.76. The molecule has 0 spiro atoms. The maximum Gasteiger partial charge on any atom is 0.422 e. The maximum atomic E-state index is 14.0. The van der Waals surface area contributed by atoms with Gasteiger partial charge in [0.05, 0.1) is 19.1 Å². The average molecular weight is 444 g/mol. The summed E-state index contributed by atoms with van der Waals surface area (Å²) in [6.07, 6.45) is -3.39. The number of aliphatic imine (C=N–C) groups is 1. The van der Waals surface area contributed by atoms with Gasteiger partial charge in [0.2, 0.25) is 0 Å². The number of aliphatic hydroxyl groups is 1. The molecular formula is C21H24F4N2O2S. The Labute approximate surface area is 177 Å². The first kappa shape index (κ1) is 24.0. The van der Waals surface area contributed by atoms with Crippen molar-refractivity contribution in [1.82, 2.24) is 4.90 Å². The molecule has 0 bridgehead atoms. The number of halogens is 4. The second-order valence-corrected chi connectivity index (χ2v) is 7.81. The quantitative estimate of drug-likeness (QED) is 0.260. The Morgan fingerprint density at radius 1 is 1.20 bits per heavy atom. The van der Waals surface area contributed by atoms with Gasteiger partial charge in [-0.3, -0.25) is 0 Å². The predicted octanol–water partition coefficient (Wildman–Crippen LogP) is 5.30. The Morgan fingerprint density at radius 3 is 2.37 bits per heavy atom. The standard InChI is InChI=1S/C21H24F4N2O2S/c1-5-27(3)13-26-18-11-19(29-4)17(10-14(18)2)20(28,21(23,24)25)12-30-16-8-6-15(22)7-9-16/h6-11,13,28H,5,12H2,1-4H3/b26-13+. The van der Waals surface area contributed by atoms with Crippen LogP contribution in [-0.2, 0) is 5.60 Å². The molecule has 4 nitrogen and oxygen atoms in total. The molecule has 1 N–H and O–H groups in total. The third-order valence-corrected chi connectivity index (χ3v) is 5.75. The van der Waals surface area contributed by atoms with Crippen LogP contribution in [0.1, 0.15) is 18.1 Å². The first-order chi connectivity index (χ1) is 14.0. The average Bonchev–Trinajstić information content (AvgIpc) is 2.70. The molecule has 0 amide bonds. The molecule has 2 aromatic rings. The second kappa shape index (κ2) is 9.70. The fourth-order valence-electron chi connectivity index (χ4n) is 2.58. The Hall–Kier alpha value is -2.26. The van der Waals surface area contributed by atoms with Gasteiger partial charge in [0.1, 0.15) is 11.6 Å². The van der Waals surface area contributed by atoms with E-state index in [1.165, 1.54) is 31.4 Å². The lowest BCUT2D eigenvalue weighted by molar-refractivity contribution is -0.256. The molecule has 1 unspecified atom stereocenters. The number of aryl methyl sites for hydroxylation is 1. The Morgan fingerprint density at radius 2 is 1.83 bits per heavy atom. The van der Waals surface area contributed by atoms with Crippen LogP contribution in [0.4, 0.5) is 23.2 Å². The van der Waals surface area contributed by atoms with Crippen LogP contribution in [0.2, 0.25) is 0 Å². The van der Waals surface area contributed by atoms with Gasteiger partial charge in [-0.1, -0.05) is 0 Å². The van der Waals surface area contributed by atoms with Crippen molar-refractivity contribution >= 4 is 23.8 Å². The predicted molar refractivity (Wildman–Crippen MR) is 111 cm³/mol. The van der Waals surface area contributed by atoms with Gasteiger partial charge in [0.25, 0.3) is 0 Å². The SMILES string of the molecule is CCN(C)/C=N/c1cc(OC)c(C(O)(CSc2ccc(F)cc2)C(F)(F)F)cc1C. The molecule has 0 saturated carbocycles. The van der Waals surface area contributed by atoms with E-state index in [9.17, 15) is 22.7 Å². The normalized spacial score (nSPS) is 14.0. The van der Waals surface area contributed by atoms with Crippen LogP contribution in [0.15, 0.2) is 46.3 Å². The summed E-state index contributed by atoms with van der Waals surface area (Å²) in [4.78, 5) is 6.50. The molecule has 30 heavy (non-hydrogen) atoms. The van der Waals surface area contributed by atoms with Crippen LogP contribution in [0.3, 0.4) is 0 Å². The highest BCUT2D eigenvalue weighted by Gasteiger charge is 2.56. The van der Waals surface area contributed by atoms with Crippen LogP contribution in [-0.4, -0.2) is 49.0 Å². The number of methoxy groups -OCH3 is 1. The van der Waals surface area contributed by atoms with Gasteiger partial charge < -0.3 is 14.7 Å². The molecule has 9 heteroatoms. The zero-order chi connectivity index (χ0) is 22.5. The van der Waals surface area contributed by atoms with Crippen LogP contribution in [0.5, 0.6) is 5.75 Å². The molecule has 0 radical (unpaired) electrons. The van der Waals surface area contributed by atoms with Gasteiger partial charge in [-0.25, -0.2) is 9.38 Å². The highest BCUT2D eigenvalue weighted by molar-refractivity contribution is 7.99. The third-order valence-electron chi connectivity index (χ3n) is 4.59. The summed E-state index contributed by atoms with van der Waals surface area (Å²) in [5.74, 6) is -1.34. The lowest BCUT2D eigenvalue weighted by atomic mass is 9.92. The van der Waals surface area contributed by atoms with Crippen molar-refractivity contribution < 1.29 is 27.4 Å². The first-order valence-electron chi connectivity index (χ1n) is 9.12. The molecule has 0 aliphatic carbocycles. The number of alkyl halides is 3. The van der Waals surface area contributed by atoms with E-state index in [4.69, 9.17) is 4.74 Å². The van der Waals surface area contributed by atoms with Crippen molar-refractivity contribution in [3.63, 3.8) is 0 Å². The minimum atomic E-state index is -4.97. The number of rotatable bonds is 8. The van der Waals surface area contributed by atoms with Gasteiger partial charge >= 0.3 is 6.18 Å². The summed E-state index contributed by atoms with van der Waals surface area (Å²) in [6.45, 7) is 4.27. The highest BCUT2D eigenvalue weighted by Crippen LogP contribution is 2.47. The van der Waals surface area contributed by atoms with Crippen molar-refractivity contribution in [3.8, 4) is 5.75 Å². The number of hydrogen-bond acceptors (Lipinski definition) is 4. The van der Waals surface area contributed by atoms with Crippen molar-refractivity contribution in [2.75, 3.05) is 26.5 Å². The smallest absolute Gasteiger partial charge is 0.422 e. The topological polar surface area (TPSA) is 45.1 Å². The number of thioether (sulfide) groups is 1. The number of benzene rings is 2. The van der Waals surface area contributed by atoms with Gasteiger partial charge in [0, 0.05) is 35.9 Å². The van der Waals surface area contributed by atoms with E-state index in [2.05, 4.69) is 4.99 Å². The van der Waals surface area contributed by atoms with Crippen LogP contribution < -0.4 is 4.74 Å². The first-order valence-corrected chi connectivity index (χ1v) is 10.1. The van der Waals surface area contributed by atoms with Crippen molar-refractivity contribution in [3.05, 3.63) is 53.3 Å². The van der Waals surface area contributed by atoms with Gasteiger partial charge in [-0.2, -0.15) is 13.2 Å². The molecule has 0 aliphatic rings. The maximum absolute atomic E-state index is 14.0. The summed E-state index contributed by atoms with van der Waals surface area (Å²) >= 11 is 0.776. The lowest BCUT2D eigenvalue weighted by Gasteiger charge is -2.32. The summed E-state index contributed by atoms with van der Waals surface area (Å²) in [7, 11) is 3.06. The van der Waals surface area contributed by atoms with E-state index >= 15 is 0 Å². The molecule has 164 valence electrons. The molecule has 1 atom stereocenters. The van der Waals surface area contributed by atoms with E-state index in [0.717, 1.165) is 23.9 Å². The summed E-state index contributed by atoms with van der Waals surface area (Å²) in [5, 5.41) is 10.8. The molecule has 0 heterocycles. The van der Waals surface area contributed by atoms with E-state index in [1.807, 2.05) is 18.9 Å². The lowest BCUT2D eigenvalue weighted by Crippen LogP contribution is -2.45. The van der Waals surface area contributed by atoms with Crippen molar-refractivity contribution in [1.29, 1.82) is 0 Å². The number of nitrogens with zero attached hydrogens (tertiary/aromatic N) is 2. The molecule has 0 aliphatic heterocycles. The zero-order valence-electron chi connectivity index (χ0n) is 17.1. The van der Waals surface area contributed by atoms with Gasteiger partial charge in [-0.15, -0.1) is 11.8 Å². The Kier molecular flexibility index (Phi) is 7.76. The highest BCUT2D eigenvalue weighted by atomic mass is 32.2. The van der Waals surface area contributed by atoms with E-state index in [0.29, 0.717) is 22.7 Å². The molecular weight excluding hydrogens is 420 g/mol. The van der Waals surface area contributed by atoms with E-state index < -0.39 is 28.9 Å². The third kappa shape index (κ3) is 5.46. The van der Waals surface area contributed by atoms with Crippen molar-refractivity contribution in [2.24, 2.45) is 4.99 Å². The van der Waals surface area contributed by atoms with E-state index in [1.54, 1.807) is 13.3 Å². The minimum absolute atomic E-state index is 0.119. The van der Waals surface area contributed by atoms with E-state index in [-0.39, 0.29) is 5.75 Å². The van der Waals surface area contributed by atoms with Crippen LogP contribution >= 0.6 is 11.8 Å². The number of hydrogen-bond donors (Lipinski definition) is 1. The molecule has 2 aromatic carbocycles. The molecule has 0 aromatic heterocycles. The fraction of sp³-hybridized carbons (Fsp3) is 0.381. The van der Waals surface area contributed by atoms with Crippen molar-refractivity contribution in [2.45, 2.75) is 30.5 Å². The largest absolute Gasteiger partial charge is 0.496 e. The summed E-state index contributed by atoms with van der Waals surface area (Å²) in [5.41, 5.74) is -2.68. The zero-order valence-corrected chi connectivity index (χ0v) is 17.9. The Bertz CT molecular complexity index is 888. The van der Waals surface area contributed by atoms with Gasteiger partial charge in [0.15, 0.2) is 5.60 Å². The number of ether oxygens (including phenoxy) is 1. The van der Waals surface area contributed by atoms with Crippen LogP contribution in [0.25, 0.3) is 0 Å². The summed E-state index contributed by atoms with van der Waals surface area (Å²) in [6, 6.07) is 7.66. The molecule has 0 saturated heterocycles. The molecule has 0 fully saturated rings. The fourth-order valence-corrected chi connectivity index (χ4v) is 3.61. The monoisotopic (exact) mass is 444 g/mol. The van der Waals surface area contributed by atoms with Gasteiger partial charge in [-0.05, 0) is 49.7 Å². The Balaban J connectivity index is 2.46.